The van der Waals surface area contributed by atoms with Crippen molar-refractivity contribution in [3.8, 4) is 113 Å². The molecule has 1 spiro atoms. The van der Waals surface area contributed by atoms with Gasteiger partial charge in [-0.3, -0.25) is 0 Å². The first kappa shape index (κ1) is 49.0. The largest absolute Gasteiger partial charge is 0.208 e. The summed E-state index contributed by atoms with van der Waals surface area (Å²) in [5.41, 5.74) is 19.1. The van der Waals surface area contributed by atoms with Gasteiger partial charge in [-0.1, -0.05) is 204 Å². The molecule has 4 aliphatic rings. The van der Waals surface area contributed by atoms with E-state index in [-0.39, 0.29) is 16.6 Å². The molecular formula is C74H59FN6. The van der Waals surface area contributed by atoms with Crippen LogP contribution in [-0.4, -0.2) is 29.9 Å². The first-order valence-corrected chi connectivity index (χ1v) is 28.7. The Morgan fingerprint density at radius 1 is 0.358 bits per heavy atom. The zero-order chi connectivity index (χ0) is 54.6. The number of fused-ring (bicyclic) bond motifs is 11. The van der Waals surface area contributed by atoms with Crippen LogP contribution in [0.5, 0.6) is 0 Å². The van der Waals surface area contributed by atoms with Gasteiger partial charge >= 0.3 is 0 Å². The summed E-state index contributed by atoms with van der Waals surface area (Å²) in [5, 5.41) is 0. The van der Waals surface area contributed by atoms with Gasteiger partial charge in [-0.15, -0.1) is 0 Å². The van der Waals surface area contributed by atoms with Crippen LogP contribution in [-0.2, 0) is 10.8 Å². The van der Waals surface area contributed by atoms with E-state index in [1.54, 1.807) is 6.07 Å². The van der Waals surface area contributed by atoms with Crippen LogP contribution in [0.25, 0.3) is 113 Å². The van der Waals surface area contributed by atoms with Crippen molar-refractivity contribution in [2.45, 2.75) is 64.2 Å². The van der Waals surface area contributed by atoms with Crippen LogP contribution >= 0.6 is 0 Å². The molecule has 5 unspecified atom stereocenters. The second-order valence-electron chi connectivity index (χ2n) is 23.7. The summed E-state index contributed by atoms with van der Waals surface area (Å²) in [6, 6.07) is 73.4. The van der Waals surface area contributed by atoms with Gasteiger partial charge in [0.05, 0.1) is 0 Å². The number of rotatable bonds is 8. The van der Waals surface area contributed by atoms with Gasteiger partial charge in [0.15, 0.2) is 34.9 Å². The van der Waals surface area contributed by atoms with Crippen molar-refractivity contribution in [3.05, 3.63) is 240 Å². The molecule has 2 heterocycles. The molecular weight excluding hydrogens is 992 g/mol. The maximum absolute atomic E-state index is 16.0. The first-order chi connectivity index (χ1) is 39.6. The highest BCUT2D eigenvalue weighted by Crippen LogP contribution is 2.66. The predicted molar refractivity (Wildman–Crippen MR) is 324 cm³/mol. The molecule has 6 nitrogen and oxygen atoms in total. The van der Waals surface area contributed by atoms with E-state index in [0.717, 1.165) is 44.5 Å². The van der Waals surface area contributed by atoms with Crippen molar-refractivity contribution in [2.24, 2.45) is 23.7 Å². The third kappa shape index (κ3) is 7.95. The number of nitrogens with zero attached hydrogens (tertiary/aromatic N) is 6. The fourth-order valence-corrected chi connectivity index (χ4v) is 15.2. The molecule has 0 N–H and O–H groups in total. The summed E-state index contributed by atoms with van der Waals surface area (Å²) in [6.07, 6.45) is 4.83. The molecule has 0 amide bonds. The summed E-state index contributed by atoms with van der Waals surface area (Å²) in [7, 11) is 0. The molecule has 4 aliphatic carbocycles. The van der Waals surface area contributed by atoms with Gasteiger partial charge in [0.1, 0.15) is 5.82 Å². The van der Waals surface area contributed by atoms with Crippen molar-refractivity contribution >= 4 is 0 Å². The number of hydrogen-bond donors (Lipinski definition) is 0. The minimum Gasteiger partial charge on any atom is -0.208 e. The standard InChI is InChI=1S/C74H59FN6/c1-44-37-46-39-45(2)74(53(38-44)40-46)63-36-30-51(55-34-35-59(65-58-27-17-18-28-62(58)73(3,4)66(55)65)72-80-69(49-23-13-7-14-24-49)77-70(81-72)50-25-15-8-16-26-50)41-61(63)56-32-29-52(42-64(56)74)60-43-54(75)31-33-57(60)71-78-67(47-19-9-5-10-20-47)76-68(79-71)48-21-11-6-12-22-48/h5-36,41-46,53H,37-40H2,1-4H3. The van der Waals surface area contributed by atoms with Gasteiger partial charge in [0, 0.05) is 44.2 Å². The highest BCUT2D eigenvalue weighted by Gasteiger charge is 2.57. The summed E-state index contributed by atoms with van der Waals surface area (Å²) >= 11 is 0. The van der Waals surface area contributed by atoms with E-state index >= 15 is 4.39 Å². The Kier molecular flexibility index (Phi) is 11.5. The highest BCUT2D eigenvalue weighted by molar-refractivity contribution is 5.98. The molecule has 9 aromatic carbocycles. The Hall–Kier alpha value is -9.07. The Morgan fingerprint density at radius 3 is 1.46 bits per heavy atom. The van der Waals surface area contributed by atoms with E-state index in [0.29, 0.717) is 58.6 Å². The van der Waals surface area contributed by atoms with Crippen molar-refractivity contribution in [1.82, 2.24) is 29.9 Å². The average Bonchev–Trinajstić information content (AvgIpc) is 4.19. The Morgan fingerprint density at radius 2 is 0.852 bits per heavy atom. The van der Waals surface area contributed by atoms with Gasteiger partial charge < -0.3 is 0 Å². The number of halogens is 1. The molecule has 81 heavy (non-hydrogen) atoms. The van der Waals surface area contributed by atoms with Crippen LogP contribution in [0.3, 0.4) is 0 Å². The van der Waals surface area contributed by atoms with E-state index < -0.39 is 0 Å². The molecule has 2 bridgehead atoms. The van der Waals surface area contributed by atoms with E-state index in [1.165, 1.54) is 87.4 Å². The smallest absolute Gasteiger partial charge is 0.164 e. The molecule has 392 valence electrons. The topological polar surface area (TPSA) is 77.3 Å². The Balaban J connectivity index is 0.916. The molecule has 2 fully saturated rings. The van der Waals surface area contributed by atoms with Gasteiger partial charge in [-0.25, -0.2) is 34.3 Å². The average molecular weight is 1050 g/mol. The molecule has 2 saturated carbocycles. The molecule has 11 aromatic rings. The summed E-state index contributed by atoms with van der Waals surface area (Å²) in [4.78, 5) is 31.0. The summed E-state index contributed by atoms with van der Waals surface area (Å²) in [6.45, 7) is 9.72. The highest BCUT2D eigenvalue weighted by atomic mass is 19.1. The van der Waals surface area contributed by atoms with Gasteiger partial charge in [-0.05, 0) is 153 Å². The van der Waals surface area contributed by atoms with Crippen molar-refractivity contribution in [3.63, 3.8) is 0 Å². The Bertz CT molecular complexity index is 4160. The molecule has 5 atom stereocenters. The van der Waals surface area contributed by atoms with Crippen LogP contribution in [0.1, 0.15) is 75.6 Å². The second kappa shape index (κ2) is 19.1. The normalized spacial score (nSPS) is 19.9. The molecule has 7 heteroatoms. The van der Waals surface area contributed by atoms with E-state index in [9.17, 15) is 0 Å². The molecule has 0 radical (unpaired) electrons. The minimum absolute atomic E-state index is 0.237. The Labute approximate surface area is 473 Å². The maximum atomic E-state index is 16.0. The monoisotopic (exact) mass is 1050 g/mol. The summed E-state index contributed by atoms with van der Waals surface area (Å²) < 4.78 is 16.0. The van der Waals surface area contributed by atoms with Crippen molar-refractivity contribution in [2.75, 3.05) is 0 Å². The lowest BCUT2D eigenvalue weighted by Gasteiger charge is -2.54. The first-order valence-electron chi connectivity index (χ1n) is 28.7. The predicted octanol–water partition coefficient (Wildman–Crippen LogP) is 18.2. The van der Waals surface area contributed by atoms with Crippen LogP contribution in [0.15, 0.2) is 212 Å². The SMILES string of the molecule is CC1CC2CC(C)C3(c4ccc(-c5ccc(-c6nc(-c7ccccc7)nc(-c7ccccc7)n6)c6c5C(C)(C)c5ccccc5-6)cc4-c4ccc(-c5cc(F)ccc5-c5nc(-c6ccccc6)nc(-c6ccccc6)n5)cc43)C(C1)C2. The third-order valence-electron chi connectivity index (χ3n) is 18.6. The second-order valence-corrected chi connectivity index (χ2v) is 23.7. The summed E-state index contributed by atoms with van der Waals surface area (Å²) in [5.74, 6) is 5.43. The van der Waals surface area contributed by atoms with Crippen LogP contribution in [0.2, 0.25) is 0 Å². The quantitative estimate of drug-likeness (QED) is 0.151. The van der Waals surface area contributed by atoms with Gasteiger partial charge in [0.2, 0.25) is 0 Å². The van der Waals surface area contributed by atoms with Gasteiger partial charge in [-0.2, -0.15) is 0 Å². The van der Waals surface area contributed by atoms with Crippen LogP contribution in [0.4, 0.5) is 4.39 Å². The lowest BCUT2D eigenvalue weighted by atomic mass is 9.49. The van der Waals surface area contributed by atoms with Crippen LogP contribution < -0.4 is 0 Å². The lowest BCUT2D eigenvalue weighted by Crippen LogP contribution is -2.49. The minimum atomic E-state index is -0.349. The van der Waals surface area contributed by atoms with Gasteiger partial charge in [0.25, 0.3) is 0 Å². The van der Waals surface area contributed by atoms with Crippen molar-refractivity contribution in [1.29, 1.82) is 0 Å². The van der Waals surface area contributed by atoms with Crippen LogP contribution in [0, 0.1) is 29.5 Å². The lowest BCUT2D eigenvalue weighted by molar-refractivity contribution is 0.0426. The van der Waals surface area contributed by atoms with E-state index in [4.69, 9.17) is 29.9 Å². The molecule has 2 aromatic heterocycles. The molecule has 0 saturated heterocycles. The maximum Gasteiger partial charge on any atom is 0.164 e. The van der Waals surface area contributed by atoms with E-state index in [1.807, 2.05) is 103 Å². The fraction of sp³-hybridized carbons (Fsp3) is 0.189. The molecule has 0 aliphatic heterocycles. The third-order valence-corrected chi connectivity index (χ3v) is 18.6. The number of aromatic nitrogens is 6. The zero-order valence-electron chi connectivity index (χ0n) is 45.9. The fourth-order valence-electron chi connectivity index (χ4n) is 15.2. The van der Waals surface area contributed by atoms with Crippen molar-refractivity contribution < 1.29 is 4.39 Å². The number of hydrogen-bond acceptors (Lipinski definition) is 6. The van der Waals surface area contributed by atoms with E-state index in [2.05, 4.69) is 125 Å². The molecule has 15 rings (SSSR count). The number of benzene rings is 9. The zero-order valence-corrected chi connectivity index (χ0v) is 45.9.